The molecule has 0 spiro atoms. The molecule has 7 nitrogen and oxygen atoms in total. The van der Waals surface area contributed by atoms with Crippen LogP contribution in [0.4, 0.5) is 0 Å². The minimum Gasteiger partial charge on any atom is -0.476 e. The Morgan fingerprint density at radius 2 is 2.08 bits per heavy atom. The van der Waals surface area contributed by atoms with Gasteiger partial charge in [0, 0.05) is 23.4 Å². The fourth-order valence-electron chi connectivity index (χ4n) is 3.00. The summed E-state index contributed by atoms with van der Waals surface area (Å²) in [6.07, 6.45) is 3.53. The van der Waals surface area contributed by atoms with E-state index >= 15 is 0 Å². The van der Waals surface area contributed by atoms with E-state index in [0.29, 0.717) is 6.54 Å². The number of H-pyrrole nitrogens is 1. The molecule has 4 rings (SSSR count). The first-order valence-electron chi connectivity index (χ1n) is 8.23. The molecule has 3 aromatic rings. The molecule has 25 heavy (non-hydrogen) atoms. The van der Waals surface area contributed by atoms with Gasteiger partial charge in [0.25, 0.3) is 0 Å². The second-order valence-electron chi connectivity index (χ2n) is 6.34. The van der Waals surface area contributed by atoms with Gasteiger partial charge >= 0.3 is 5.97 Å². The fourth-order valence-corrected chi connectivity index (χ4v) is 3.00. The Kier molecular flexibility index (Phi) is 3.76. The van der Waals surface area contributed by atoms with Crippen LogP contribution < -0.4 is 0 Å². The van der Waals surface area contributed by atoms with E-state index in [0.717, 1.165) is 29.4 Å². The van der Waals surface area contributed by atoms with E-state index in [4.69, 9.17) is 5.11 Å². The van der Waals surface area contributed by atoms with Crippen LogP contribution in [0.15, 0.2) is 42.6 Å². The molecule has 1 fully saturated rings. The summed E-state index contributed by atoms with van der Waals surface area (Å²) in [6, 6.07) is 11.7. The molecule has 1 saturated carbocycles. The topological polar surface area (TPSA) is 91.2 Å². The van der Waals surface area contributed by atoms with Crippen LogP contribution in [-0.4, -0.2) is 42.7 Å². The van der Waals surface area contributed by atoms with Crippen LogP contribution in [0.3, 0.4) is 0 Å². The molecule has 2 heterocycles. The van der Waals surface area contributed by atoms with Gasteiger partial charge in [-0.3, -0.25) is 9.48 Å². The van der Waals surface area contributed by atoms with Crippen molar-refractivity contribution in [3.8, 4) is 0 Å². The number of aromatic amines is 1. The van der Waals surface area contributed by atoms with Gasteiger partial charge in [-0.05, 0) is 36.4 Å². The molecule has 0 aliphatic heterocycles. The highest BCUT2D eigenvalue weighted by atomic mass is 16.4. The predicted octanol–water partition coefficient (Wildman–Crippen LogP) is 2.25. The molecule has 2 aromatic heterocycles. The average molecular weight is 338 g/mol. The predicted molar refractivity (Wildman–Crippen MR) is 91.1 cm³/mol. The zero-order chi connectivity index (χ0) is 17.4. The summed E-state index contributed by atoms with van der Waals surface area (Å²) in [4.78, 5) is 28.8. The smallest absolute Gasteiger partial charge is 0.356 e. The molecular weight excluding hydrogens is 320 g/mol. The van der Waals surface area contributed by atoms with Crippen molar-refractivity contribution in [2.75, 3.05) is 0 Å². The van der Waals surface area contributed by atoms with E-state index in [1.807, 2.05) is 29.2 Å². The molecule has 0 saturated heterocycles. The average Bonchev–Trinajstić information content (AvgIpc) is 3.16. The second kappa shape index (κ2) is 6.08. The van der Waals surface area contributed by atoms with Crippen LogP contribution >= 0.6 is 0 Å². The maximum Gasteiger partial charge on any atom is 0.356 e. The molecule has 7 heteroatoms. The van der Waals surface area contributed by atoms with Crippen molar-refractivity contribution < 1.29 is 14.7 Å². The molecule has 1 aliphatic rings. The second-order valence-corrected chi connectivity index (χ2v) is 6.34. The van der Waals surface area contributed by atoms with Crippen LogP contribution in [0, 0.1) is 0 Å². The Hall–Kier alpha value is -3.09. The highest BCUT2D eigenvalue weighted by Gasteiger charge is 2.33. The Morgan fingerprint density at radius 3 is 2.76 bits per heavy atom. The molecule has 1 amide bonds. The van der Waals surface area contributed by atoms with Crippen molar-refractivity contribution in [1.82, 2.24) is 19.7 Å². The molecule has 0 bridgehead atoms. The van der Waals surface area contributed by atoms with E-state index in [1.54, 1.807) is 0 Å². The van der Waals surface area contributed by atoms with Crippen molar-refractivity contribution in [3.63, 3.8) is 0 Å². The summed E-state index contributed by atoms with van der Waals surface area (Å²) >= 11 is 0. The number of fused-ring (bicyclic) bond motifs is 1. The van der Waals surface area contributed by atoms with Crippen molar-refractivity contribution in [1.29, 1.82) is 0 Å². The van der Waals surface area contributed by atoms with Gasteiger partial charge in [0.1, 0.15) is 6.54 Å². The van der Waals surface area contributed by atoms with Crippen molar-refractivity contribution in [3.05, 3.63) is 54.0 Å². The van der Waals surface area contributed by atoms with Gasteiger partial charge in [0.15, 0.2) is 5.69 Å². The third-order valence-corrected chi connectivity index (χ3v) is 4.39. The van der Waals surface area contributed by atoms with E-state index in [1.165, 1.54) is 16.9 Å². The first kappa shape index (κ1) is 15.4. The molecule has 1 aromatic carbocycles. The SMILES string of the molecule is O=C(O)c1ccn(CC(=O)N(Cc2cc3ccccc3[nH]2)C2CC2)n1. The Bertz CT molecular complexity index is 906. The number of carboxylic acids is 1. The van der Waals surface area contributed by atoms with Crippen molar-refractivity contribution >= 4 is 22.8 Å². The number of nitrogens with one attached hydrogen (secondary N) is 1. The standard InChI is InChI=1S/C18H18N4O3/c23-17(11-21-8-7-16(20-21)18(24)25)22(14-5-6-14)10-13-9-12-3-1-2-4-15(12)19-13/h1-4,7-9,14,19H,5-6,10-11H2,(H,24,25). The summed E-state index contributed by atoms with van der Waals surface area (Å²) in [7, 11) is 0. The molecule has 0 unspecified atom stereocenters. The number of aromatic nitrogens is 3. The van der Waals surface area contributed by atoms with Gasteiger partial charge in [-0.25, -0.2) is 4.79 Å². The van der Waals surface area contributed by atoms with Gasteiger partial charge in [0.05, 0.1) is 6.54 Å². The minimum absolute atomic E-state index is 0.0456. The van der Waals surface area contributed by atoms with Crippen molar-refractivity contribution in [2.45, 2.75) is 32.0 Å². The number of para-hydroxylation sites is 1. The number of rotatable bonds is 6. The summed E-state index contributed by atoms with van der Waals surface area (Å²) < 4.78 is 1.38. The van der Waals surface area contributed by atoms with Crippen molar-refractivity contribution in [2.24, 2.45) is 0 Å². The largest absolute Gasteiger partial charge is 0.476 e. The Morgan fingerprint density at radius 1 is 1.28 bits per heavy atom. The Balaban J connectivity index is 1.50. The van der Waals surface area contributed by atoms with Gasteiger partial charge in [-0.1, -0.05) is 18.2 Å². The molecule has 0 radical (unpaired) electrons. The van der Waals surface area contributed by atoms with Crippen LogP contribution in [0.2, 0.25) is 0 Å². The molecule has 2 N–H and O–H groups in total. The molecule has 0 atom stereocenters. The van der Waals surface area contributed by atoms with Gasteiger partial charge in [0.2, 0.25) is 5.91 Å². The fraction of sp³-hybridized carbons (Fsp3) is 0.278. The minimum atomic E-state index is -1.09. The number of carbonyl (C=O) groups excluding carboxylic acids is 1. The third-order valence-electron chi connectivity index (χ3n) is 4.39. The zero-order valence-corrected chi connectivity index (χ0v) is 13.6. The first-order chi connectivity index (χ1) is 12.1. The maximum absolute atomic E-state index is 12.7. The lowest BCUT2D eigenvalue weighted by Crippen LogP contribution is -2.35. The molecule has 1 aliphatic carbocycles. The summed E-state index contributed by atoms with van der Waals surface area (Å²) in [5.41, 5.74) is 1.99. The number of carbonyl (C=O) groups is 2. The summed E-state index contributed by atoms with van der Waals surface area (Å²) in [5, 5.41) is 14.0. The Labute approximate surface area is 143 Å². The van der Waals surface area contributed by atoms with Gasteiger partial charge in [-0.2, -0.15) is 5.10 Å². The lowest BCUT2D eigenvalue weighted by Gasteiger charge is -2.21. The normalized spacial score (nSPS) is 13.9. The number of benzene rings is 1. The highest BCUT2D eigenvalue weighted by Crippen LogP contribution is 2.29. The number of carboxylic acid groups (broad SMARTS) is 1. The summed E-state index contributed by atoms with van der Waals surface area (Å²) in [5.74, 6) is -1.15. The van der Waals surface area contributed by atoms with Gasteiger partial charge < -0.3 is 15.0 Å². The van der Waals surface area contributed by atoms with Crippen LogP contribution in [0.5, 0.6) is 0 Å². The third kappa shape index (κ3) is 3.26. The number of hydrogen-bond donors (Lipinski definition) is 2. The molecular formula is C18H18N4O3. The number of hydrogen-bond acceptors (Lipinski definition) is 3. The lowest BCUT2D eigenvalue weighted by molar-refractivity contribution is -0.133. The number of amides is 1. The lowest BCUT2D eigenvalue weighted by atomic mass is 10.2. The summed E-state index contributed by atoms with van der Waals surface area (Å²) in [6.45, 7) is 0.565. The number of nitrogens with zero attached hydrogens (tertiary/aromatic N) is 3. The van der Waals surface area contributed by atoms with Crippen LogP contribution in [-0.2, 0) is 17.9 Å². The van der Waals surface area contributed by atoms with Crippen LogP contribution in [0.1, 0.15) is 29.0 Å². The number of aromatic carboxylic acids is 1. The zero-order valence-electron chi connectivity index (χ0n) is 13.6. The van der Waals surface area contributed by atoms with Gasteiger partial charge in [-0.15, -0.1) is 0 Å². The quantitative estimate of drug-likeness (QED) is 0.721. The van der Waals surface area contributed by atoms with E-state index in [-0.39, 0.29) is 24.2 Å². The monoisotopic (exact) mass is 338 g/mol. The maximum atomic E-state index is 12.7. The first-order valence-corrected chi connectivity index (χ1v) is 8.23. The van der Waals surface area contributed by atoms with E-state index < -0.39 is 5.97 Å². The molecule has 128 valence electrons. The highest BCUT2D eigenvalue weighted by molar-refractivity contribution is 5.85. The van der Waals surface area contributed by atoms with Crippen LogP contribution in [0.25, 0.3) is 10.9 Å². The van der Waals surface area contributed by atoms with E-state index in [9.17, 15) is 9.59 Å². The van der Waals surface area contributed by atoms with E-state index in [2.05, 4.69) is 16.1 Å².